The Hall–Kier alpha value is -1.85. The third-order valence-corrected chi connectivity index (χ3v) is 4.00. The molecule has 0 saturated heterocycles. The predicted octanol–water partition coefficient (Wildman–Crippen LogP) is 4.13. The van der Waals surface area contributed by atoms with E-state index in [-0.39, 0.29) is 12.6 Å². The highest BCUT2D eigenvalue weighted by Gasteiger charge is 2.15. The molecule has 2 aromatic heterocycles. The van der Waals surface area contributed by atoms with E-state index in [2.05, 4.69) is 26.2 Å². The van der Waals surface area contributed by atoms with Crippen LogP contribution in [0.4, 0.5) is 5.69 Å². The van der Waals surface area contributed by atoms with Crippen LogP contribution in [0.1, 0.15) is 18.2 Å². The van der Waals surface area contributed by atoms with Crippen LogP contribution in [-0.4, -0.2) is 16.7 Å². The number of pyridine rings is 1. The van der Waals surface area contributed by atoms with Gasteiger partial charge in [-0.1, -0.05) is 12.1 Å². The van der Waals surface area contributed by atoms with Gasteiger partial charge in [0.05, 0.1) is 17.8 Å². The zero-order valence-corrected chi connectivity index (χ0v) is 12.9. The number of halogens is 1. The lowest BCUT2D eigenvalue weighted by Gasteiger charge is -2.18. The number of benzene rings is 1. The number of anilines is 1. The summed E-state index contributed by atoms with van der Waals surface area (Å²) in [4.78, 5) is 4.40. The standard InChI is InChI=1S/C16H15BrN2O2/c17-12-4-1-3-11-13(6-8-18-16(11)12)19-14(7-9-20)15-5-2-10-21-15/h1-6,8,10,14,20H,7,9H2,(H,18,19). The molecule has 4 nitrogen and oxygen atoms in total. The normalized spacial score (nSPS) is 12.5. The fourth-order valence-electron chi connectivity index (χ4n) is 2.36. The first kappa shape index (κ1) is 14.1. The van der Waals surface area contributed by atoms with Crippen molar-refractivity contribution in [2.45, 2.75) is 12.5 Å². The number of rotatable bonds is 5. The average Bonchev–Trinajstić information content (AvgIpc) is 3.02. The van der Waals surface area contributed by atoms with Gasteiger partial charge in [-0.25, -0.2) is 0 Å². The third-order valence-electron chi connectivity index (χ3n) is 3.36. The number of nitrogens with zero attached hydrogens (tertiary/aromatic N) is 1. The van der Waals surface area contributed by atoms with Crippen molar-refractivity contribution in [3.63, 3.8) is 0 Å². The highest BCUT2D eigenvalue weighted by atomic mass is 79.9. The second kappa shape index (κ2) is 6.28. The van der Waals surface area contributed by atoms with E-state index in [0.717, 1.165) is 26.8 Å². The van der Waals surface area contributed by atoms with Gasteiger partial charge in [-0.15, -0.1) is 0 Å². The number of aliphatic hydroxyl groups excluding tert-OH is 1. The number of para-hydroxylation sites is 1. The summed E-state index contributed by atoms with van der Waals surface area (Å²) >= 11 is 3.52. The first-order chi connectivity index (χ1) is 10.3. The minimum atomic E-state index is -0.0745. The van der Waals surface area contributed by atoms with E-state index in [1.54, 1.807) is 12.5 Å². The SMILES string of the molecule is OCCC(Nc1ccnc2c(Br)cccc12)c1ccco1. The van der Waals surface area contributed by atoms with Crippen molar-refractivity contribution >= 4 is 32.5 Å². The molecule has 0 fully saturated rings. The molecular weight excluding hydrogens is 332 g/mol. The van der Waals surface area contributed by atoms with Crippen molar-refractivity contribution in [1.29, 1.82) is 0 Å². The Bertz CT molecular complexity index is 728. The number of aliphatic hydroxyl groups is 1. The Morgan fingerprint density at radius 2 is 2.14 bits per heavy atom. The summed E-state index contributed by atoms with van der Waals surface area (Å²) in [6.07, 6.45) is 3.99. The van der Waals surface area contributed by atoms with E-state index in [4.69, 9.17) is 4.42 Å². The number of hydrogen-bond acceptors (Lipinski definition) is 4. The topological polar surface area (TPSA) is 58.3 Å². The molecule has 108 valence electrons. The average molecular weight is 347 g/mol. The van der Waals surface area contributed by atoms with Crippen LogP contribution in [0.25, 0.3) is 10.9 Å². The van der Waals surface area contributed by atoms with Crippen LogP contribution in [-0.2, 0) is 0 Å². The molecule has 0 radical (unpaired) electrons. The Kier molecular flexibility index (Phi) is 4.22. The number of fused-ring (bicyclic) bond motifs is 1. The molecule has 21 heavy (non-hydrogen) atoms. The van der Waals surface area contributed by atoms with Crippen LogP contribution < -0.4 is 5.32 Å². The molecule has 1 atom stereocenters. The number of aromatic nitrogens is 1. The van der Waals surface area contributed by atoms with Gasteiger partial charge >= 0.3 is 0 Å². The smallest absolute Gasteiger partial charge is 0.126 e. The highest BCUT2D eigenvalue weighted by molar-refractivity contribution is 9.10. The highest BCUT2D eigenvalue weighted by Crippen LogP contribution is 2.30. The first-order valence-corrected chi connectivity index (χ1v) is 7.53. The van der Waals surface area contributed by atoms with Gasteiger partial charge in [-0.05, 0) is 46.6 Å². The van der Waals surface area contributed by atoms with Gasteiger partial charge < -0.3 is 14.8 Å². The lowest BCUT2D eigenvalue weighted by molar-refractivity contribution is 0.273. The lowest BCUT2D eigenvalue weighted by atomic mass is 10.1. The van der Waals surface area contributed by atoms with Crippen molar-refractivity contribution in [2.75, 3.05) is 11.9 Å². The second-order valence-corrected chi connectivity index (χ2v) is 5.57. The van der Waals surface area contributed by atoms with E-state index < -0.39 is 0 Å². The summed E-state index contributed by atoms with van der Waals surface area (Å²) in [6, 6.07) is 11.6. The van der Waals surface area contributed by atoms with Crippen molar-refractivity contribution < 1.29 is 9.52 Å². The Morgan fingerprint density at radius 3 is 2.90 bits per heavy atom. The zero-order chi connectivity index (χ0) is 14.7. The van der Waals surface area contributed by atoms with E-state index in [0.29, 0.717) is 6.42 Å². The molecule has 0 amide bonds. The summed E-state index contributed by atoms with van der Waals surface area (Å²) in [5, 5.41) is 13.7. The van der Waals surface area contributed by atoms with Gasteiger partial charge in [-0.3, -0.25) is 4.98 Å². The van der Waals surface area contributed by atoms with Crippen LogP contribution in [0.15, 0.2) is 57.7 Å². The molecule has 0 aliphatic heterocycles. The Labute approximate surface area is 130 Å². The fraction of sp³-hybridized carbons (Fsp3) is 0.188. The summed E-state index contributed by atoms with van der Waals surface area (Å²) in [6.45, 7) is 0.0884. The van der Waals surface area contributed by atoms with Crippen LogP contribution in [0, 0.1) is 0 Å². The maximum absolute atomic E-state index is 9.27. The minimum absolute atomic E-state index is 0.0745. The molecular formula is C16H15BrN2O2. The van der Waals surface area contributed by atoms with E-state index >= 15 is 0 Å². The van der Waals surface area contributed by atoms with Gasteiger partial charge in [-0.2, -0.15) is 0 Å². The van der Waals surface area contributed by atoms with Crippen LogP contribution in [0.3, 0.4) is 0 Å². The van der Waals surface area contributed by atoms with Crippen molar-refractivity contribution in [2.24, 2.45) is 0 Å². The molecule has 1 aromatic carbocycles. The summed E-state index contributed by atoms with van der Waals surface area (Å²) in [5.74, 6) is 0.809. The van der Waals surface area contributed by atoms with Crippen LogP contribution in [0.5, 0.6) is 0 Å². The minimum Gasteiger partial charge on any atom is -0.467 e. The summed E-state index contributed by atoms with van der Waals surface area (Å²) in [5.41, 5.74) is 1.88. The molecule has 0 spiro atoms. The van der Waals surface area contributed by atoms with Gasteiger partial charge in [0.1, 0.15) is 5.76 Å². The van der Waals surface area contributed by atoms with Crippen molar-refractivity contribution in [1.82, 2.24) is 4.98 Å². The van der Waals surface area contributed by atoms with E-state index in [1.165, 1.54) is 0 Å². The van der Waals surface area contributed by atoms with E-state index in [1.807, 2.05) is 36.4 Å². The molecule has 3 rings (SSSR count). The maximum Gasteiger partial charge on any atom is 0.126 e. The van der Waals surface area contributed by atoms with Crippen molar-refractivity contribution in [3.8, 4) is 0 Å². The monoisotopic (exact) mass is 346 g/mol. The third kappa shape index (κ3) is 2.94. The molecule has 0 aliphatic carbocycles. The first-order valence-electron chi connectivity index (χ1n) is 6.73. The number of hydrogen-bond donors (Lipinski definition) is 2. The Morgan fingerprint density at radius 1 is 1.24 bits per heavy atom. The molecule has 0 saturated carbocycles. The number of nitrogens with one attached hydrogen (secondary N) is 1. The number of furan rings is 1. The van der Waals surface area contributed by atoms with Gasteiger partial charge in [0.2, 0.25) is 0 Å². The largest absolute Gasteiger partial charge is 0.467 e. The zero-order valence-electron chi connectivity index (χ0n) is 11.3. The van der Waals surface area contributed by atoms with Crippen LogP contribution in [0.2, 0.25) is 0 Å². The lowest BCUT2D eigenvalue weighted by Crippen LogP contribution is -2.12. The molecule has 3 aromatic rings. The second-order valence-electron chi connectivity index (χ2n) is 4.72. The van der Waals surface area contributed by atoms with Crippen LogP contribution >= 0.6 is 15.9 Å². The quantitative estimate of drug-likeness (QED) is 0.729. The van der Waals surface area contributed by atoms with Gasteiger partial charge in [0, 0.05) is 28.4 Å². The maximum atomic E-state index is 9.27. The van der Waals surface area contributed by atoms with Gasteiger partial charge in [0.15, 0.2) is 0 Å². The Balaban J connectivity index is 1.98. The summed E-state index contributed by atoms with van der Waals surface area (Å²) < 4.78 is 6.42. The van der Waals surface area contributed by atoms with Crippen molar-refractivity contribution in [3.05, 3.63) is 59.1 Å². The predicted molar refractivity (Wildman–Crippen MR) is 86.2 cm³/mol. The fourth-order valence-corrected chi connectivity index (χ4v) is 2.83. The molecule has 0 bridgehead atoms. The molecule has 1 unspecified atom stereocenters. The molecule has 5 heteroatoms. The van der Waals surface area contributed by atoms with Gasteiger partial charge in [0.25, 0.3) is 0 Å². The molecule has 2 heterocycles. The van der Waals surface area contributed by atoms with E-state index in [9.17, 15) is 5.11 Å². The summed E-state index contributed by atoms with van der Waals surface area (Å²) in [7, 11) is 0. The molecule has 2 N–H and O–H groups in total. The molecule has 0 aliphatic rings.